The number of hydrogen-bond donors (Lipinski definition) is 1. The maximum absolute atomic E-state index is 13.1. The maximum atomic E-state index is 13.1. The van der Waals surface area contributed by atoms with Gasteiger partial charge in [0.2, 0.25) is 0 Å². The van der Waals surface area contributed by atoms with E-state index in [4.69, 9.17) is 0 Å². The van der Waals surface area contributed by atoms with Crippen molar-refractivity contribution in [3.8, 4) is 0 Å². The summed E-state index contributed by atoms with van der Waals surface area (Å²) in [6.07, 6.45) is 0.829. The molecule has 1 aliphatic rings. The van der Waals surface area contributed by atoms with Crippen molar-refractivity contribution in [3.63, 3.8) is 0 Å². The number of rotatable bonds is 2. The van der Waals surface area contributed by atoms with Crippen molar-refractivity contribution in [1.82, 2.24) is 9.88 Å². The predicted octanol–water partition coefficient (Wildman–Crippen LogP) is 4.10. The minimum Gasteiger partial charge on any atom is -0.349 e. The molecule has 122 valence electrons. The predicted molar refractivity (Wildman–Crippen MR) is 95.0 cm³/mol. The normalized spacial score (nSPS) is 16.8. The highest BCUT2D eigenvalue weighted by atomic mass is 32.2. The van der Waals surface area contributed by atoms with E-state index in [0.717, 1.165) is 17.7 Å². The summed E-state index contributed by atoms with van der Waals surface area (Å²) in [6.45, 7) is 0. The highest BCUT2D eigenvalue weighted by Crippen LogP contribution is 2.36. The Balaban J connectivity index is 1.59. The number of aromatic amines is 1. The van der Waals surface area contributed by atoms with Crippen LogP contribution in [0.25, 0.3) is 10.9 Å². The fraction of sp³-hybridized carbons (Fsp3) is 0.211. The fourth-order valence-corrected chi connectivity index (χ4v) is 4.44. The molecule has 1 aliphatic heterocycles. The monoisotopic (exact) mass is 340 g/mol. The highest BCUT2D eigenvalue weighted by Gasteiger charge is 2.28. The van der Waals surface area contributed by atoms with Crippen LogP contribution in [-0.2, 0) is 6.42 Å². The molecule has 1 aromatic heterocycles. The molecule has 4 rings (SSSR count). The first-order valence-electron chi connectivity index (χ1n) is 7.88. The van der Waals surface area contributed by atoms with E-state index in [1.165, 1.54) is 28.1 Å². The summed E-state index contributed by atoms with van der Waals surface area (Å²) in [7, 11) is 1.83. The van der Waals surface area contributed by atoms with Crippen molar-refractivity contribution in [2.45, 2.75) is 17.5 Å². The first-order valence-corrected chi connectivity index (χ1v) is 8.87. The number of para-hydroxylation sites is 1. The summed E-state index contributed by atoms with van der Waals surface area (Å²) in [4.78, 5) is 17.9. The van der Waals surface area contributed by atoms with Gasteiger partial charge in [0.25, 0.3) is 5.91 Å². The van der Waals surface area contributed by atoms with E-state index in [2.05, 4.69) is 17.1 Å². The molecule has 0 radical (unpaired) electrons. The number of carbonyl (C=O) groups excluding carboxylic acids is 1. The second kappa shape index (κ2) is 5.98. The molecule has 0 fully saturated rings. The summed E-state index contributed by atoms with van der Waals surface area (Å²) in [5, 5.41) is 2.43. The van der Waals surface area contributed by atoms with Gasteiger partial charge in [0.15, 0.2) is 0 Å². The molecule has 2 heterocycles. The van der Waals surface area contributed by atoms with Crippen molar-refractivity contribution in [2.75, 3.05) is 12.8 Å². The van der Waals surface area contributed by atoms with Crippen LogP contribution in [0, 0.1) is 5.82 Å². The second-order valence-electron chi connectivity index (χ2n) is 6.07. The number of likely N-dealkylation sites (N-methyl/N-ethyl adjacent to an activating group) is 1. The number of benzene rings is 2. The van der Waals surface area contributed by atoms with Crippen molar-refractivity contribution >= 4 is 28.6 Å². The zero-order valence-electron chi connectivity index (χ0n) is 13.3. The minimum atomic E-state index is -0.328. The molecule has 1 N–H and O–H groups in total. The third-order valence-corrected chi connectivity index (χ3v) is 5.78. The fourth-order valence-electron chi connectivity index (χ4n) is 3.19. The van der Waals surface area contributed by atoms with Crippen LogP contribution >= 0.6 is 11.8 Å². The summed E-state index contributed by atoms with van der Waals surface area (Å²) >= 11 is 1.76. The SMILES string of the molecule is CN(C(=O)c1ccc(F)cc1)[C@@H]1CSc2[nH]c3ccccc3c2C1. The number of nitrogens with zero attached hydrogens (tertiary/aromatic N) is 1. The second-order valence-corrected chi connectivity index (χ2v) is 7.10. The number of H-pyrrole nitrogens is 1. The summed E-state index contributed by atoms with van der Waals surface area (Å²) in [5.74, 6) is 0.457. The van der Waals surface area contributed by atoms with Gasteiger partial charge in [0.1, 0.15) is 5.82 Å². The smallest absolute Gasteiger partial charge is 0.253 e. The number of amides is 1. The van der Waals surface area contributed by atoms with Gasteiger partial charge in [-0.3, -0.25) is 4.79 Å². The van der Waals surface area contributed by atoms with Crippen molar-refractivity contribution in [2.24, 2.45) is 0 Å². The summed E-state index contributed by atoms with van der Waals surface area (Å²) in [6, 6.07) is 14.1. The van der Waals surface area contributed by atoms with Gasteiger partial charge in [-0.2, -0.15) is 0 Å². The number of fused-ring (bicyclic) bond motifs is 3. The van der Waals surface area contributed by atoms with Gasteiger partial charge in [0, 0.05) is 35.3 Å². The molecule has 1 amide bonds. The molecule has 5 heteroatoms. The van der Waals surface area contributed by atoms with Gasteiger partial charge in [0.05, 0.1) is 5.03 Å². The molecule has 1 atom stereocenters. The van der Waals surface area contributed by atoms with Crippen LogP contribution in [0.4, 0.5) is 4.39 Å². The van der Waals surface area contributed by atoms with E-state index in [-0.39, 0.29) is 17.8 Å². The van der Waals surface area contributed by atoms with E-state index in [9.17, 15) is 9.18 Å². The van der Waals surface area contributed by atoms with E-state index >= 15 is 0 Å². The van der Waals surface area contributed by atoms with E-state index < -0.39 is 0 Å². The van der Waals surface area contributed by atoms with Crippen LogP contribution in [0.15, 0.2) is 53.6 Å². The molecular formula is C19H17FN2OS. The number of halogens is 1. The maximum Gasteiger partial charge on any atom is 0.253 e. The number of nitrogens with one attached hydrogen (secondary N) is 1. The van der Waals surface area contributed by atoms with Crippen molar-refractivity contribution in [3.05, 3.63) is 65.5 Å². The molecule has 0 bridgehead atoms. The number of aromatic nitrogens is 1. The Hall–Kier alpha value is -2.27. The quantitative estimate of drug-likeness (QED) is 0.762. The number of hydrogen-bond acceptors (Lipinski definition) is 2. The van der Waals surface area contributed by atoms with Crippen molar-refractivity contribution in [1.29, 1.82) is 0 Å². The van der Waals surface area contributed by atoms with Crippen LogP contribution in [0.3, 0.4) is 0 Å². The third kappa shape index (κ3) is 2.59. The zero-order chi connectivity index (χ0) is 16.7. The number of thioether (sulfide) groups is 1. The summed E-state index contributed by atoms with van der Waals surface area (Å²) in [5.41, 5.74) is 2.95. The largest absolute Gasteiger partial charge is 0.349 e. The lowest BCUT2D eigenvalue weighted by Crippen LogP contribution is -2.41. The molecule has 0 unspecified atom stereocenters. The van der Waals surface area contributed by atoms with Crippen molar-refractivity contribution < 1.29 is 9.18 Å². The van der Waals surface area contributed by atoms with E-state index in [0.29, 0.717) is 5.56 Å². The van der Waals surface area contributed by atoms with E-state index in [1.807, 2.05) is 19.2 Å². The Morgan fingerprint density at radius 3 is 2.75 bits per heavy atom. The minimum absolute atomic E-state index is 0.0658. The Morgan fingerprint density at radius 2 is 1.96 bits per heavy atom. The molecule has 3 aromatic rings. The highest BCUT2D eigenvalue weighted by molar-refractivity contribution is 7.99. The lowest BCUT2D eigenvalue weighted by molar-refractivity contribution is 0.0745. The van der Waals surface area contributed by atoms with Gasteiger partial charge in [-0.1, -0.05) is 18.2 Å². The number of carbonyl (C=O) groups is 1. The Labute approximate surface area is 143 Å². The van der Waals surface area contributed by atoms with Crippen LogP contribution in [0.2, 0.25) is 0 Å². The van der Waals surface area contributed by atoms with Crippen LogP contribution in [0.1, 0.15) is 15.9 Å². The molecular weight excluding hydrogens is 323 g/mol. The lowest BCUT2D eigenvalue weighted by Gasteiger charge is -2.31. The third-order valence-electron chi connectivity index (χ3n) is 4.59. The van der Waals surface area contributed by atoms with Gasteiger partial charge in [-0.15, -0.1) is 11.8 Å². The average Bonchev–Trinajstić information content (AvgIpc) is 2.99. The molecule has 0 saturated carbocycles. The first kappa shape index (κ1) is 15.3. The molecule has 0 aliphatic carbocycles. The van der Waals surface area contributed by atoms with Crippen LogP contribution in [-0.4, -0.2) is 34.6 Å². The molecule has 24 heavy (non-hydrogen) atoms. The molecule has 3 nitrogen and oxygen atoms in total. The standard InChI is InChI=1S/C19H17FN2OS/c1-22(19(23)12-6-8-13(20)9-7-12)14-10-16-15-4-2-3-5-17(15)21-18(16)24-11-14/h2-9,14,21H,10-11H2,1H3/t14-/m0/s1. The Kier molecular flexibility index (Phi) is 3.81. The van der Waals surface area contributed by atoms with E-state index in [1.54, 1.807) is 28.8 Å². The van der Waals surface area contributed by atoms with Gasteiger partial charge in [-0.05, 0) is 42.3 Å². The lowest BCUT2D eigenvalue weighted by atomic mass is 10.0. The Morgan fingerprint density at radius 1 is 1.21 bits per heavy atom. The Bertz CT molecular complexity index is 903. The van der Waals surface area contributed by atoms with Gasteiger partial charge in [-0.25, -0.2) is 4.39 Å². The molecule has 2 aromatic carbocycles. The van der Waals surface area contributed by atoms with Crippen LogP contribution in [0.5, 0.6) is 0 Å². The summed E-state index contributed by atoms with van der Waals surface area (Å²) < 4.78 is 13.1. The van der Waals surface area contributed by atoms with Gasteiger partial charge < -0.3 is 9.88 Å². The zero-order valence-corrected chi connectivity index (χ0v) is 14.1. The van der Waals surface area contributed by atoms with Gasteiger partial charge >= 0.3 is 0 Å². The molecule has 0 spiro atoms. The topological polar surface area (TPSA) is 36.1 Å². The van der Waals surface area contributed by atoms with Crippen LogP contribution < -0.4 is 0 Å². The average molecular weight is 340 g/mol. The molecule has 0 saturated heterocycles. The first-order chi connectivity index (χ1) is 11.6.